The molecule has 1 aliphatic rings. The zero-order chi connectivity index (χ0) is 21.3. The number of aromatic nitrogens is 2. The zero-order valence-electron chi connectivity index (χ0n) is 17.7. The molecule has 4 rings (SSSR count). The normalized spacial score (nSPS) is 22.2. The molecule has 1 fully saturated rings. The summed E-state index contributed by atoms with van der Waals surface area (Å²) in [6.07, 6.45) is -0.0288. The Balaban J connectivity index is 1.66. The van der Waals surface area contributed by atoms with Gasteiger partial charge < -0.3 is 19.2 Å². The second-order valence-corrected chi connectivity index (χ2v) is 7.66. The molecule has 0 amide bonds. The second kappa shape index (κ2) is 8.45. The minimum Gasteiger partial charge on any atom is -0.493 e. The van der Waals surface area contributed by atoms with Crippen molar-refractivity contribution in [2.45, 2.75) is 38.6 Å². The highest BCUT2D eigenvalue weighted by Crippen LogP contribution is 2.32. The number of ether oxygens (including phenoxy) is 3. The van der Waals surface area contributed by atoms with E-state index in [-0.39, 0.29) is 23.7 Å². The molecule has 3 aromatic rings. The molecule has 1 aromatic heterocycles. The predicted molar refractivity (Wildman–Crippen MR) is 115 cm³/mol. The van der Waals surface area contributed by atoms with Gasteiger partial charge in [0.25, 0.3) is 5.56 Å². The number of nitrogens with zero attached hydrogens (tertiary/aromatic N) is 2. The van der Waals surface area contributed by atoms with Gasteiger partial charge in [0.05, 0.1) is 44.4 Å². The molecule has 0 radical (unpaired) electrons. The summed E-state index contributed by atoms with van der Waals surface area (Å²) in [5.74, 6) is 1.67. The monoisotopic (exact) mass is 409 g/mol. The Kier molecular flexibility index (Phi) is 5.74. The van der Waals surface area contributed by atoms with E-state index >= 15 is 0 Å². The number of aromatic amines is 1. The van der Waals surface area contributed by atoms with Gasteiger partial charge >= 0.3 is 0 Å². The fourth-order valence-corrected chi connectivity index (χ4v) is 4.13. The summed E-state index contributed by atoms with van der Waals surface area (Å²) >= 11 is 0. The molecule has 158 valence electrons. The largest absolute Gasteiger partial charge is 0.493 e. The lowest BCUT2D eigenvalue weighted by atomic mass is 9.98. The summed E-state index contributed by atoms with van der Waals surface area (Å²) in [7, 11) is 3.11. The average molecular weight is 409 g/mol. The molecule has 2 aromatic carbocycles. The Bertz CT molecular complexity index is 1080. The molecular weight excluding hydrogens is 382 g/mol. The van der Waals surface area contributed by atoms with E-state index in [2.05, 4.69) is 35.9 Å². The third kappa shape index (κ3) is 3.78. The summed E-state index contributed by atoms with van der Waals surface area (Å²) in [6, 6.07) is 14.0. The highest BCUT2D eigenvalue weighted by molar-refractivity contribution is 5.81. The van der Waals surface area contributed by atoms with Gasteiger partial charge in [0, 0.05) is 18.2 Å². The van der Waals surface area contributed by atoms with Gasteiger partial charge in [-0.15, -0.1) is 0 Å². The lowest BCUT2D eigenvalue weighted by Crippen LogP contribution is -2.50. The van der Waals surface area contributed by atoms with Crippen molar-refractivity contribution in [1.29, 1.82) is 0 Å². The number of methoxy groups -OCH3 is 2. The van der Waals surface area contributed by atoms with E-state index in [1.165, 1.54) is 0 Å². The van der Waals surface area contributed by atoms with Crippen LogP contribution in [0.15, 0.2) is 47.3 Å². The molecule has 3 atom stereocenters. The van der Waals surface area contributed by atoms with Crippen molar-refractivity contribution in [3.8, 4) is 11.5 Å². The van der Waals surface area contributed by atoms with E-state index in [4.69, 9.17) is 19.2 Å². The average Bonchev–Trinajstić information content (AvgIpc) is 2.76. The molecule has 7 nitrogen and oxygen atoms in total. The van der Waals surface area contributed by atoms with Gasteiger partial charge in [0.1, 0.15) is 5.82 Å². The maximum absolute atomic E-state index is 12.7. The van der Waals surface area contributed by atoms with Gasteiger partial charge in [-0.1, -0.05) is 30.3 Å². The molecule has 3 unspecified atom stereocenters. The molecule has 1 aliphatic heterocycles. The molecular formula is C23H27N3O4. The quantitative estimate of drug-likeness (QED) is 0.697. The van der Waals surface area contributed by atoms with E-state index in [9.17, 15) is 4.79 Å². The number of H-pyrrole nitrogens is 1. The van der Waals surface area contributed by atoms with E-state index in [1.54, 1.807) is 26.4 Å². The minimum atomic E-state index is -0.191. The highest BCUT2D eigenvalue weighted by atomic mass is 16.5. The maximum Gasteiger partial charge on any atom is 0.258 e. The Morgan fingerprint density at radius 2 is 1.83 bits per heavy atom. The number of hydrogen-bond donors (Lipinski definition) is 1. The third-order valence-corrected chi connectivity index (χ3v) is 5.76. The van der Waals surface area contributed by atoms with Crippen molar-refractivity contribution >= 4 is 10.9 Å². The third-order valence-electron chi connectivity index (χ3n) is 5.76. The summed E-state index contributed by atoms with van der Waals surface area (Å²) in [6.45, 7) is 5.42. The van der Waals surface area contributed by atoms with Crippen LogP contribution in [-0.4, -0.2) is 47.8 Å². The summed E-state index contributed by atoms with van der Waals surface area (Å²) in [5, 5.41) is 0.474. The lowest BCUT2D eigenvalue weighted by Gasteiger charge is -2.43. The van der Waals surface area contributed by atoms with Crippen molar-refractivity contribution in [3.63, 3.8) is 0 Å². The number of morpholine rings is 1. The van der Waals surface area contributed by atoms with Crippen molar-refractivity contribution in [2.75, 3.05) is 20.8 Å². The summed E-state index contributed by atoms with van der Waals surface area (Å²) < 4.78 is 16.8. The van der Waals surface area contributed by atoms with Gasteiger partial charge in [-0.05, 0) is 25.5 Å². The highest BCUT2D eigenvalue weighted by Gasteiger charge is 2.34. The molecule has 1 saturated heterocycles. The van der Waals surface area contributed by atoms with Crippen LogP contribution in [0.25, 0.3) is 10.9 Å². The Morgan fingerprint density at radius 1 is 1.13 bits per heavy atom. The Morgan fingerprint density at radius 3 is 2.53 bits per heavy atom. The van der Waals surface area contributed by atoms with Gasteiger partial charge in [0.15, 0.2) is 11.5 Å². The number of hydrogen-bond acceptors (Lipinski definition) is 6. The molecule has 0 spiro atoms. The number of nitrogens with one attached hydrogen (secondary N) is 1. The molecule has 7 heteroatoms. The van der Waals surface area contributed by atoms with Crippen LogP contribution in [0, 0.1) is 0 Å². The van der Waals surface area contributed by atoms with E-state index in [0.717, 1.165) is 5.56 Å². The zero-order valence-corrected chi connectivity index (χ0v) is 17.7. The van der Waals surface area contributed by atoms with Crippen LogP contribution < -0.4 is 15.0 Å². The first-order chi connectivity index (χ1) is 14.5. The SMILES string of the molecule is COc1cc2nc(CN3C(C)COC(c4ccccc4)C3C)[nH]c(=O)c2cc1OC. The number of fused-ring (bicyclic) bond motifs is 1. The van der Waals surface area contributed by atoms with Crippen LogP contribution in [0.3, 0.4) is 0 Å². The van der Waals surface area contributed by atoms with Crippen LogP contribution in [-0.2, 0) is 11.3 Å². The van der Waals surface area contributed by atoms with Crippen LogP contribution in [0.1, 0.15) is 31.3 Å². The molecule has 0 aliphatic carbocycles. The second-order valence-electron chi connectivity index (χ2n) is 7.66. The Labute approximate surface area is 175 Å². The lowest BCUT2D eigenvalue weighted by molar-refractivity contribution is -0.100. The van der Waals surface area contributed by atoms with Gasteiger partial charge in [0.2, 0.25) is 0 Å². The first-order valence-corrected chi connectivity index (χ1v) is 10.1. The first kappa shape index (κ1) is 20.4. The first-order valence-electron chi connectivity index (χ1n) is 10.1. The predicted octanol–water partition coefficient (Wildman–Crippen LogP) is 3.29. The van der Waals surface area contributed by atoms with Crippen molar-refractivity contribution in [1.82, 2.24) is 14.9 Å². The van der Waals surface area contributed by atoms with Crippen molar-refractivity contribution < 1.29 is 14.2 Å². The minimum absolute atomic E-state index is 0.0288. The molecule has 1 N–H and O–H groups in total. The van der Waals surface area contributed by atoms with Crippen LogP contribution in [0.2, 0.25) is 0 Å². The molecule has 30 heavy (non-hydrogen) atoms. The smallest absolute Gasteiger partial charge is 0.258 e. The molecule has 2 heterocycles. The standard InChI is InChI=1S/C23H27N3O4/c1-14-13-30-22(16-8-6-5-7-9-16)15(2)26(14)12-21-24-18-11-20(29-4)19(28-3)10-17(18)23(27)25-21/h5-11,14-15,22H,12-13H2,1-4H3,(H,24,25,27). The van der Waals surface area contributed by atoms with Gasteiger partial charge in [-0.2, -0.15) is 0 Å². The van der Waals surface area contributed by atoms with Gasteiger partial charge in [-0.25, -0.2) is 4.98 Å². The maximum atomic E-state index is 12.7. The number of benzene rings is 2. The van der Waals surface area contributed by atoms with E-state index in [0.29, 0.717) is 41.4 Å². The van der Waals surface area contributed by atoms with Crippen molar-refractivity contribution in [3.05, 3.63) is 64.2 Å². The fraction of sp³-hybridized carbons (Fsp3) is 0.391. The topological polar surface area (TPSA) is 76.7 Å². The molecule has 0 bridgehead atoms. The van der Waals surface area contributed by atoms with Crippen LogP contribution in [0.5, 0.6) is 11.5 Å². The van der Waals surface area contributed by atoms with E-state index < -0.39 is 0 Å². The Hall–Kier alpha value is -2.90. The summed E-state index contributed by atoms with van der Waals surface area (Å²) in [4.78, 5) is 22.7. The fourth-order valence-electron chi connectivity index (χ4n) is 4.13. The summed E-state index contributed by atoms with van der Waals surface area (Å²) in [5.41, 5.74) is 1.54. The van der Waals surface area contributed by atoms with Crippen LogP contribution in [0.4, 0.5) is 0 Å². The van der Waals surface area contributed by atoms with E-state index in [1.807, 2.05) is 18.2 Å². The van der Waals surface area contributed by atoms with Crippen LogP contribution >= 0.6 is 0 Å². The van der Waals surface area contributed by atoms with Crippen molar-refractivity contribution in [2.24, 2.45) is 0 Å². The van der Waals surface area contributed by atoms with Gasteiger partial charge in [-0.3, -0.25) is 9.69 Å². The molecule has 0 saturated carbocycles. The number of rotatable bonds is 5.